The fourth-order valence-electron chi connectivity index (χ4n) is 3.23. The molecule has 0 aliphatic carbocycles. The molecule has 1 N–H and O–H groups in total. The van der Waals surface area contributed by atoms with Crippen molar-refractivity contribution in [1.29, 1.82) is 0 Å². The molecule has 1 fully saturated rings. The van der Waals surface area contributed by atoms with Gasteiger partial charge in [-0.3, -0.25) is 4.90 Å². The Morgan fingerprint density at radius 2 is 1.70 bits per heavy atom. The van der Waals surface area contributed by atoms with Crippen molar-refractivity contribution in [3.8, 4) is 5.75 Å². The van der Waals surface area contributed by atoms with Gasteiger partial charge in [0.15, 0.2) is 0 Å². The molecule has 1 aliphatic rings. The number of carbonyl (C=O) groups is 1. The van der Waals surface area contributed by atoms with Crippen molar-refractivity contribution >= 4 is 36.5 Å². The van der Waals surface area contributed by atoms with E-state index in [9.17, 15) is 14.3 Å². The number of β-amino-alcohol motifs (C(OH)–C–C–N with tert-alkyl or cyclic N) is 1. The summed E-state index contributed by atoms with van der Waals surface area (Å²) >= 11 is 0. The molecule has 0 saturated carbocycles. The number of esters is 1. The average molecular weight is 461 g/mol. The second-order valence-corrected chi connectivity index (χ2v) is 6.72. The number of hydrogen-bond acceptors (Lipinski definition) is 6. The van der Waals surface area contributed by atoms with Crippen molar-refractivity contribution in [2.24, 2.45) is 0 Å². The van der Waals surface area contributed by atoms with Crippen LogP contribution in [0.15, 0.2) is 48.5 Å². The Hall–Kier alpha value is -2.06. The third kappa shape index (κ3) is 7.02. The Morgan fingerprint density at radius 3 is 2.30 bits per heavy atom. The van der Waals surface area contributed by atoms with Crippen LogP contribution in [0.1, 0.15) is 10.4 Å². The van der Waals surface area contributed by atoms with Crippen LogP contribution in [0.3, 0.4) is 0 Å². The normalized spacial score (nSPS) is 14.8. The predicted octanol–water partition coefficient (Wildman–Crippen LogP) is 3.02. The summed E-state index contributed by atoms with van der Waals surface area (Å²) in [5, 5.41) is 10.3. The Bertz CT molecular complexity index is 787. The van der Waals surface area contributed by atoms with Gasteiger partial charge in [-0.15, -0.1) is 24.8 Å². The van der Waals surface area contributed by atoms with Gasteiger partial charge in [-0.25, -0.2) is 9.18 Å². The molecule has 3 rings (SSSR count). The monoisotopic (exact) mass is 460 g/mol. The molecule has 2 aromatic carbocycles. The van der Waals surface area contributed by atoms with Gasteiger partial charge in [0.2, 0.25) is 0 Å². The molecule has 1 saturated heterocycles. The summed E-state index contributed by atoms with van der Waals surface area (Å²) in [4.78, 5) is 15.6. The summed E-state index contributed by atoms with van der Waals surface area (Å²) in [5.74, 6) is -0.0280. The molecule has 1 aliphatic heterocycles. The standard InChI is InChI=1S/C21H25FN2O4.2ClH/c1-27-21(26)16-6-8-18(9-7-16)28-15-17(25)14-23-10-12-24(13-11-23)20-5-3-2-4-19(20)22;;/h2-9,17,25H,10-15H2,1H3;2*1H. The van der Waals surface area contributed by atoms with E-state index >= 15 is 0 Å². The van der Waals surface area contributed by atoms with E-state index in [1.165, 1.54) is 13.2 Å². The number of methoxy groups -OCH3 is 1. The number of rotatable bonds is 7. The van der Waals surface area contributed by atoms with Crippen LogP contribution in [0.25, 0.3) is 0 Å². The molecule has 0 amide bonds. The zero-order valence-electron chi connectivity index (χ0n) is 16.7. The van der Waals surface area contributed by atoms with Crippen molar-refractivity contribution in [1.82, 2.24) is 4.90 Å². The lowest BCUT2D eigenvalue weighted by Gasteiger charge is -2.36. The molecular weight excluding hydrogens is 434 g/mol. The van der Waals surface area contributed by atoms with E-state index < -0.39 is 12.1 Å². The van der Waals surface area contributed by atoms with Crippen molar-refractivity contribution in [2.75, 3.05) is 51.3 Å². The lowest BCUT2D eigenvalue weighted by molar-refractivity contribution is 0.0599. The summed E-state index contributed by atoms with van der Waals surface area (Å²) < 4.78 is 24.1. The fraction of sp³-hybridized carbons (Fsp3) is 0.381. The van der Waals surface area contributed by atoms with Crippen molar-refractivity contribution in [3.05, 3.63) is 59.9 Å². The number of ether oxygens (including phenoxy) is 2. The molecule has 166 valence electrons. The highest BCUT2D eigenvalue weighted by atomic mass is 35.5. The molecule has 6 nitrogen and oxygen atoms in total. The van der Waals surface area contributed by atoms with Gasteiger partial charge in [0.25, 0.3) is 0 Å². The van der Waals surface area contributed by atoms with Crippen LogP contribution in [0.2, 0.25) is 0 Å². The van der Waals surface area contributed by atoms with Crippen LogP contribution in [0, 0.1) is 5.82 Å². The number of anilines is 1. The molecule has 0 aromatic heterocycles. The minimum absolute atomic E-state index is 0. The Morgan fingerprint density at radius 1 is 1.07 bits per heavy atom. The molecule has 9 heteroatoms. The summed E-state index contributed by atoms with van der Waals surface area (Å²) in [6, 6.07) is 13.4. The number of para-hydroxylation sites is 1. The van der Waals surface area contributed by atoms with Crippen molar-refractivity contribution in [2.45, 2.75) is 6.10 Å². The molecule has 2 aromatic rings. The smallest absolute Gasteiger partial charge is 0.337 e. The maximum Gasteiger partial charge on any atom is 0.337 e. The summed E-state index contributed by atoms with van der Waals surface area (Å²) in [5.41, 5.74) is 1.07. The number of nitrogens with zero attached hydrogens (tertiary/aromatic N) is 2. The van der Waals surface area contributed by atoms with Gasteiger partial charge in [0.05, 0.1) is 18.4 Å². The van der Waals surface area contributed by atoms with Gasteiger partial charge in [0.1, 0.15) is 24.3 Å². The Kier molecular flexibility index (Phi) is 10.9. The summed E-state index contributed by atoms with van der Waals surface area (Å²) in [6.45, 7) is 3.57. The molecule has 0 spiro atoms. The second-order valence-electron chi connectivity index (χ2n) is 6.72. The Balaban J connectivity index is 0.00000225. The number of benzene rings is 2. The van der Waals surface area contributed by atoms with Crippen LogP contribution in [-0.2, 0) is 4.74 Å². The van der Waals surface area contributed by atoms with E-state index in [1.807, 2.05) is 11.0 Å². The zero-order chi connectivity index (χ0) is 19.9. The predicted molar refractivity (Wildman–Crippen MR) is 119 cm³/mol. The van der Waals surface area contributed by atoms with E-state index in [0.29, 0.717) is 36.6 Å². The largest absolute Gasteiger partial charge is 0.491 e. The first-order valence-corrected chi connectivity index (χ1v) is 9.28. The topological polar surface area (TPSA) is 62.2 Å². The van der Waals surface area contributed by atoms with Crippen LogP contribution in [-0.4, -0.2) is 68.5 Å². The van der Waals surface area contributed by atoms with Crippen LogP contribution >= 0.6 is 24.8 Å². The number of piperazine rings is 1. The molecule has 0 bridgehead atoms. The highest BCUT2D eigenvalue weighted by Crippen LogP contribution is 2.20. The Labute approximate surface area is 188 Å². The number of hydrogen-bond donors (Lipinski definition) is 1. The lowest BCUT2D eigenvalue weighted by atomic mass is 10.2. The first-order valence-electron chi connectivity index (χ1n) is 9.28. The van der Waals surface area contributed by atoms with Crippen LogP contribution < -0.4 is 9.64 Å². The van der Waals surface area contributed by atoms with E-state index in [-0.39, 0.29) is 37.2 Å². The summed E-state index contributed by atoms with van der Waals surface area (Å²) in [6.07, 6.45) is -0.639. The second kappa shape index (κ2) is 12.6. The first-order chi connectivity index (χ1) is 13.6. The zero-order valence-corrected chi connectivity index (χ0v) is 18.3. The molecule has 0 radical (unpaired) electrons. The van der Waals surface area contributed by atoms with Gasteiger partial charge in [0, 0.05) is 32.7 Å². The third-order valence-electron chi connectivity index (χ3n) is 4.75. The third-order valence-corrected chi connectivity index (χ3v) is 4.75. The van der Waals surface area contributed by atoms with E-state index in [2.05, 4.69) is 9.64 Å². The quantitative estimate of drug-likeness (QED) is 0.640. The van der Waals surface area contributed by atoms with Gasteiger partial charge < -0.3 is 19.5 Å². The lowest BCUT2D eigenvalue weighted by Crippen LogP contribution is -2.49. The highest BCUT2D eigenvalue weighted by molar-refractivity contribution is 5.89. The molecule has 1 heterocycles. The minimum atomic E-state index is -0.639. The van der Waals surface area contributed by atoms with E-state index in [4.69, 9.17) is 4.74 Å². The fourth-order valence-corrected chi connectivity index (χ4v) is 3.23. The molecular formula is C21H27Cl2FN2O4. The molecule has 1 unspecified atom stereocenters. The van der Waals surface area contributed by atoms with Gasteiger partial charge >= 0.3 is 5.97 Å². The average Bonchev–Trinajstić information content (AvgIpc) is 2.73. The highest BCUT2D eigenvalue weighted by Gasteiger charge is 2.21. The number of halogens is 3. The maximum atomic E-state index is 13.9. The molecule has 1 atom stereocenters. The van der Waals surface area contributed by atoms with Crippen molar-refractivity contribution < 1.29 is 23.8 Å². The molecule has 30 heavy (non-hydrogen) atoms. The van der Waals surface area contributed by atoms with Crippen LogP contribution in [0.4, 0.5) is 10.1 Å². The summed E-state index contributed by atoms with van der Waals surface area (Å²) in [7, 11) is 1.33. The van der Waals surface area contributed by atoms with E-state index in [1.54, 1.807) is 36.4 Å². The van der Waals surface area contributed by atoms with Gasteiger partial charge in [-0.2, -0.15) is 0 Å². The first kappa shape index (κ1) is 26.0. The van der Waals surface area contributed by atoms with Crippen molar-refractivity contribution in [3.63, 3.8) is 0 Å². The SMILES string of the molecule is COC(=O)c1ccc(OCC(O)CN2CCN(c3ccccc3F)CC2)cc1.Cl.Cl. The number of aliphatic hydroxyl groups is 1. The van der Waals surface area contributed by atoms with Crippen LogP contribution in [0.5, 0.6) is 5.75 Å². The minimum Gasteiger partial charge on any atom is -0.491 e. The van der Waals surface area contributed by atoms with Gasteiger partial charge in [-0.05, 0) is 36.4 Å². The van der Waals surface area contributed by atoms with E-state index in [0.717, 1.165) is 13.1 Å². The number of aliphatic hydroxyl groups excluding tert-OH is 1. The maximum absolute atomic E-state index is 13.9. The van der Waals surface area contributed by atoms with Gasteiger partial charge in [-0.1, -0.05) is 12.1 Å². The number of carbonyl (C=O) groups excluding carboxylic acids is 1.